The Morgan fingerprint density at radius 2 is 2.10 bits per heavy atom. The molecule has 0 saturated carbocycles. The summed E-state index contributed by atoms with van der Waals surface area (Å²) in [6, 6.07) is 4.48. The van der Waals surface area contributed by atoms with Gasteiger partial charge >= 0.3 is 12.1 Å². The number of hydrogen-bond donors (Lipinski definition) is 0. The maximum Gasteiger partial charge on any atom is 0.416 e. The van der Waals surface area contributed by atoms with Crippen molar-refractivity contribution in [1.29, 1.82) is 0 Å². The lowest BCUT2D eigenvalue weighted by atomic mass is 10.1. The number of anilines is 1. The number of esters is 1. The van der Waals surface area contributed by atoms with Crippen LogP contribution in [0.1, 0.15) is 12.0 Å². The van der Waals surface area contributed by atoms with Crippen LogP contribution in [0.4, 0.5) is 18.9 Å². The van der Waals surface area contributed by atoms with Gasteiger partial charge in [-0.1, -0.05) is 6.07 Å². The van der Waals surface area contributed by atoms with Crippen LogP contribution in [-0.2, 0) is 20.5 Å². The second kappa shape index (κ2) is 5.15. The quantitative estimate of drug-likeness (QED) is 0.784. The molecule has 1 saturated heterocycles. The van der Waals surface area contributed by atoms with E-state index in [2.05, 4.69) is 4.74 Å². The summed E-state index contributed by atoms with van der Waals surface area (Å²) in [5.41, 5.74) is -0.694. The first-order chi connectivity index (χ1) is 9.32. The third-order valence-electron chi connectivity index (χ3n) is 3.14. The van der Waals surface area contributed by atoms with Crippen molar-refractivity contribution in [2.75, 3.05) is 18.6 Å². The van der Waals surface area contributed by atoms with Gasteiger partial charge in [-0.3, -0.25) is 9.59 Å². The van der Waals surface area contributed by atoms with Crippen molar-refractivity contribution in [1.82, 2.24) is 0 Å². The normalized spacial score (nSPS) is 19.3. The molecule has 0 spiro atoms. The van der Waals surface area contributed by atoms with E-state index >= 15 is 0 Å². The molecular formula is C13H12F3NO3. The zero-order chi connectivity index (χ0) is 14.9. The van der Waals surface area contributed by atoms with Crippen LogP contribution in [0.15, 0.2) is 24.3 Å². The van der Waals surface area contributed by atoms with Crippen molar-refractivity contribution in [3.8, 4) is 0 Å². The third kappa shape index (κ3) is 2.76. The lowest BCUT2D eigenvalue weighted by Crippen LogP contribution is -2.26. The standard InChI is InChI=1S/C13H12F3NO3/c1-20-12(19)8-5-11(18)17(7-8)10-4-2-3-9(6-10)13(14,15)16/h2-4,6,8H,5,7H2,1H3. The van der Waals surface area contributed by atoms with Crippen LogP contribution in [-0.4, -0.2) is 25.5 Å². The number of amides is 1. The maximum atomic E-state index is 12.6. The van der Waals surface area contributed by atoms with Gasteiger partial charge in [0, 0.05) is 18.7 Å². The number of halogens is 3. The molecule has 4 nitrogen and oxygen atoms in total. The van der Waals surface area contributed by atoms with Crippen LogP contribution in [0.3, 0.4) is 0 Å². The highest BCUT2D eigenvalue weighted by Gasteiger charge is 2.37. The molecule has 108 valence electrons. The number of benzene rings is 1. The molecular weight excluding hydrogens is 275 g/mol. The zero-order valence-corrected chi connectivity index (χ0v) is 10.6. The Kier molecular flexibility index (Phi) is 3.69. The van der Waals surface area contributed by atoms with Gasteiger partial charge in [-0.15, -0.1) is 0 Å². The summed E-state index contributed by atoms with van der Waals surface area (Å²) in [7, 11) is 1.21. The van der Waals surface area contributed by atoms with Crippen molar-refractivity contribution in [3.05, 3.63) is 29.8 Å². The van der Waals surface area contributed by atoms with Crippen LogP contribution in [0.5, 0.6) is 0 Å². The van der Waals surface area contributed by atoms with E-state index in [1.54, 1.807) is 0 Å². The van der Waals surface area contributed by atoms with Gasteiger partial charge in [0.05, 0.1) is 18.6 Å². The highest BCUT2D eigenvalue weighted by atomic mass is 19.4. The first-order valence-corrected chi connectivity index (χ1v) is 5.88. The average molecular weight is 287 g/mol. The van der Waals surface area contributed by atoms with E-state index in [1.807, 2.05) is 0 Å². The summed E-state index contributed by atoms with van der Waals surface area (Å²) < 4.78 is 42.4. The smallest absolute Gasteiger partial charge is 0.416 e. The SMILES string of the molecule is COC(=O)C1CC(=O)N(c2cccc(C(F)(F)F)c2)C1. The number of carbonyl (C=O) groups excluding carboxylic acids is 2. The molecule has 2 rings (SSSR count). The molecule has 1 aliphatic heterocycles. The molecule has 1 fully saturated rings. The van der Waals surface area contributed by atoms with Crippen molar-refractivity contribution in [3.63, 3.8) is 0 Å². The molecule has 0 aliphatic carbocycles. The molecule has 1 aromatic rings. The summed E-state index contributed by atoms with van der Waals surface area (Å²) in [5, 5.41) is 0. The lowest BCUT2D eigenvalue weighted by Gasteiger charge is -2.18. The van der Waals surface area contributed by atoms with E-state index in [1.165, 1.54) is 24.1 Å². The van der Waals surface area contributed by atoms with E-state index < -0.39 is 23.6 Å². The number of carbonyl (C=O) groups is 2. The fourth-order valence-electron chi connectivity index (χ4n) is 2.13. The average Bonchev–Trinajstić information content (AvgIpc) is 2.79. The molecule has 0 radical (unpaired) electrons. The Balaban J connectivity index is 2.24. The largest absolute Gasteiger partial charge is 0.469 e. The number of alkyl halides is 3. The fourth-order valence-corrected chi connectivity index (χ4v) is 2.13. The third-order valence-corrected chi connectivity index (χ3v) is 3.14. The van der Waals surface area contributed by atoms with Gasteiger partial charge in [0.2, 0.25) is 5.91 Å². The highest BCUT2D eigenvalue weighted by Crippen LogP contribution is 2.33. The first-order valence-electron chi connectivity index (χ1n) is 5.88. The molecule has 1 aliphatic rings. The summed E-state index contributed by atoms with van der Waals surface area (Å²) in [6.07, 6.45) is -4.52. The molecule has 1 amide bonds. The lowest BCUT2D eigenvalue weighted by molar-refractivity contribution is -0.145. The van der Waals surface area contributed by atoms with Crippen molar-refractivity contribution in [2.24, 2.45) is 5.92 Å². The Hall–Kier alpha value is -2.05. The molecule has 1 heterocycles. The molecule has 7 heteroatoms. The zero-order valence-electron chi connectivity index (χ0n) is 10.6. The Bertz CT molecular complexity index is 542. The number of rotatable bonds is 2. The summed E-state index contributed by atoms with van der Waals surface area (Å²) in [5.74, 6) is -1.56. The molecule has 0 bridgehead atoms. The van der Waals surface area contributed by atoms with Gasteiger partial charge in [0.25, 0.3) is 0 Å². The van der Waals surface area contributed by atoms with Crippen molar-refractivity contribution in [2.45, 2.75) is 12.6 Å². The van der Waals surface area contributed by atoms with Gasteiger partial charge in [0.1, 0.15) is 0 Å². The summed E-state index contributed by atoms with van der Waals surface area (Å²) in [4.78, 5) is 24.4. The van der Waals surface area contributed by atoms with Crippen molar-refractivity contribution >= 4 is 17.6 Å². The highest BCUT2D eigenvalue weighted by molar-refractivity contribution is 5.99. The minimum Gasteiger partial charge on any atom is -0.469 e. The van der Waals surface area contributed by atoms with Crippen LogP contribution < -0.4 is 4.90 Å². The fraction of sp³-hybridized carbons (Fsp3) is 0.385. The molecule has 1 unspecified atom stereocenters. The van der Waals surface area contributed by atoms with E-state index in [4.69, 9.17) is 0 Å². The first kappa shape index (κ1) is 14.4. The van der Waals surface area contributed by atoms with Gasteiger partial charge in [-0.25, -0.2) is 0 Å². The van der Waals surface area contributed by atoms with Gasteiger partial charge in [-0.05, 0) is 18.2 Å². The molecule has 0 aromatic heterocycles. The Morgan fingerprint density at radius 1 is 1.40 bits per heavy atom. The van der Waals surface area contributed by atoms with Gasteiger partial charge in [0.15, 0.2) is 0 Å². The van der Waals surface area contributed by atoms with Crippen LogP contribution >= 0.6 is 0 Å². The predicted molar refractivity (Wildman–Crippen MR) is 63.9 cm³/mol. The van der Waals surface area contributed by atoms with Crippen LogP contribution in [0, 0.1) is 5.92 Å². The monoisotopic (exact) mass is 287 g/mol. The minimum absolute atomic E-state index is 0.0345. The Morgan fingerprint density at radius 3 is 2.70 bits per heavy atom. The second-order valence-electron chi connectivity index (χ2n) is 4.48. The molecule has 1 atom stereocenters. The topological polar surface area (TPSA) is 46.6 Å². The summed E-state index contributed by atoms with van der Waals surface area (Å²) in [6.45, 7) is 0.0345. The second-order valence-corrected chi connectivity index (χ2v) is 4.48. The molecule has 20 heavy (non-hydrogen) atoms. The Labute approximate surface area is 113 Å². The molecule has 1 aromatic carbocycles. The minimum atomic E-state index is -4.47. The van der Waals surface area contributed by atoms with E-state index in [0.29, 0.717) is 0 Å². The van der Waals surface area contributed by atoms with Gasteiger partial charge in [-0.2, -0.15) is 13.2 Å². The number of nitrogens with zero attached hydrogens (tertiary/aromatic N) is 1. The van der Waals surface area contributed by atoms with Crippen LogP contribution in [0.25, 0.3) is 0 Å². The van der Waals surface area contributed by atoms with Crippen LogP contribution in [0.2, 0.25) is 0 Å². The number of methoxy groups -OCH3 is 1. The molecule has 0 N–H and O–H groups in total. The number of ether oxygens (including phenoxy) is 1. The number of hydrogen-bond acceptors (Lipinski definition) is 3. The van der Waals surface area contributed by atoms with E-state index in [0.717, 1.165) is 12.1 Å². The summed E-state index contributed by atoms with van der Waals surface area (Å²) >= 11 is 0. The van der Waals surface area contributed by atoms with Crippen molar-refractivity contribution < 1.29 is 27.5 Å². The van der Waals surface area contributed by atoms with E-state index in [9.17, 15) is 22.8 Å². The van der Waals surface area contributed by atoms with E-state index in [-0.39, 0.29) is 24.6 Å². The van der Waals surface area contributed by atoms with Gasteiger partial charge < -0.3 is 9.64 Å². The predicted octanol–water partition coefficient (Wildman–Crippen LogP) is 2.23. The maximum absolute atomic E-state index is 12.6.